The van der Waals surface area contributed by atoms with E-state index >= 15 is 0 Å². The summed E-state index contributed by atoms with van der Waals surface area (Å²) in [5.41, 5.74) is 0.429. The molecule has 0 radical (unpaired) electrons. The minimum atomic E-state index is -1.33. The molecule has 1 aromatic carbocycles. The van der Waals surface area contributed by atoms with Crippen LogP contribution in [-0.2, 0) is 9.47 Å². The lowest BCUT2D eigenvalue weighted by molar-refractivity contribution is -0.384. The van der Waals surface area contributed by atoms with E-state index in [-0.39, 0.29) is 22.7 Å². The van der Waals surface area contributed by atoms with E-state index in [1.54, 1.807) is 6.92 Å². The summed E-state index contributed by atoms with van der Waals surface area (Å²) >= 11 is 0. The van der Waals surface area contributed by atoms with Crippen molar-refractivity contribution in [2.24, 2.45) is 0 Å². The third-order valence-corrected chi connectivity index (χ3v) is 6.53. The van der Waals surface area contributed by atoms with Gasteiger partial charge >= 0.3 is 5.97 Å². The van der Waals surface area contributed by atoms with Crippen LogP contribution in [0, 0.1) is 17.0 Å². The molecular weight excluding hydrogens is 406 g/mol. The van der Waals surface area contributed by atoms with Crippen LogP contribution in [0.1, 0.15) is 47.6 Å². The lowest BCUT2D eigenvalue weighted by Crippen LogP contribution is -2.45. The quantitative estimate of drug-likeness (QED) is 0.581. The second-order valence-corrected chi connectivity index (χ2v) is 8.43. The molecule has 164 valence electrons. The minimum absolute atomic E-state index is 0.0793. The molecule has 1 aliphatic carbocycles. The number of anilines is 1. The minimum Gasteiger partial charge on any atom is -0.477 e. The Kier molecular flexibility index (Phi) is 4.52. The van der Waals surface area contributed by atoms with Gasteiger partial charge in [-0.1, -0.05) is 0 Å². The van der Waals surface area contributed by atoms with Crippen LogP contribution < -0.4 is 10.3 Å². The Balaban J connectivity index is 1.69. The number of carbonyl (C=O) groups is 1. The summed E-state index contributed by atoms with van der Waals surface area (Å²) in [6, 6.07) is 1.34. The summed E-state index contributed by atoms with van der Waals surface area (Å²) in [5.74, 6) is -1.94. The third-order valence-electron chi connectivity index (χ3n) is 6.53. The molecule has 3 aliphatic rings. The van der Waals surface area contributed by atoms with Gasteiger partial charge in [-0.2, -0.15) is 0 Å². The summed E-state index contributed by atoms with van der Waals surface area (Å²) in [4.78, 5) is 37.9. The maximum absolute atomic E-state index is 12.9. The van der Waals surface area contributed by atoms with E-state index in [2.05, 4.69) is 0 Å². The monoisotopic (exact) mass is 429 g/mol. The first-order valence-electron chi connectivity index (χ1n) is 10.4. The molecule has 31 heavy (non-hydrogen) atoms. The van der Waals surface area contributed by atoms with Gasteiger partial charge in [-0.25, -0.2) is 4.79 Å². The molecule has 1 aromatic heterocycles. The highest BCUT2D eigenvalue weighted by Crippen LogP contribution is 2.43. The van der Waals surface area contributed by atoms with Crippen LogP contribution >= 0.6 is 0 Å². The standard InChI is InChI=1S/C21H23N3O7/c1-12-17-14(19(25)15(20(26)27)11-23(17)13-2-3-13)10-16(24(28)29)18(12)22-6-4-21(5-7-22)30-8-9-31-21/h10-11,13H,2-9H2,1H3,(H,26,27). The lowest BCUT2D eigenvalue weighted by atomic mass is 9.99. The van der Waals surface area contributed by atoms with Crippen molar-refractivity contribution in [1.82, 2.24) is 4.57 Å². The van der Waals surface area contributed by atoms with Crippen molar-refractivity contribution in [3.63, 3.8) is 0 Å². The number of hydrogen-bond donors (Lipinski definition) is 1. The molecule has 10 nitrogen and oxygen atoms in total. The van der Waals surface area contributed by atoms with Gasteiger partial charge in [0.1, 0.15) is 11.3 Å². The SMILES string of the molecule is Cc1c(N2CCC3(CC2)OCCO3)c([N+](=O)[O-])cc2c(=O)c(C(=O)O)cn(C3CC3)c12. The van der Waals surface area contributed by atoms with E-state index in [0.29, 0.717) is 55.9 Å². The summed E-state index contributed by atoms with van der Waals surface area (Å²) in [5, 5.41) is 21.5. The zero-order valence-electron chi connectivity index (χ0n) is 17.1. The first-order chi connectivity index (χ1) is 14.8. The molecule has 2 aliphatic heterocycles. The molecule has 3 fully saturated rings. The van der Waals surface area contributed by atoms with Crippen molar-refractivity contribution in [1.29, 1.82) is 0 Å². The highest BCUT2D eigenvalue weighted by Gasteiger charge is 2.41. The van der Waals surface area contributed by atoms with Gasteiger partial charge in [-0.3, -0.25) is 14.9 Å². The number of piperidine rings is 1. The van der Waals surface area contributed by atoms with Crippen molar-refractivity contribution in [2.45, 2.75) is 44.4 Å². The highest BCUT2D eigenvalue weighted by atomic mass is 16.7. The Hall–Kier alpha value is -2.98. The number of hydrogen-bond acceptors (Lipinski definition) is 7. The summed E-state index contributed by atoms with van der Waals surface area (Å²) < 4.78 is 13.4. The van der Waals surface area contributed by atoms with Crippen molar-refractivity contribution < 1.29 is 24.3 Å². The zero-order valence-corrected chi connectivity index (χ0v) is 17.1. The zero-order chi connectivity index (χ0) is 21.9. The highest BCUT2D eigenvalue weighted by molar-refractivity contribution is 5.97. The van der Waals surface area contributed by atoms with E-state index in [4.69, 9.17) is 9.47 Å². The number of ether oxygens (including phenoxy) is 2. The van der Waals surface area contributed by atoms with Gasteiger partial charge in [0.25, 0.3) is 5.69 Å². The molecule has 5 rings (SSSR count). The summed E-state index contributed by atoms with van der Waals surface area (Å²) in [7, 11) is 0. The number of pyridine rings is 1. The molecule has 0 amide bonds. The number of rotatable bonds is 4. The smallest absolute Gasteiger partial charge is 0.341 e. The van der Waals surface area contributed by atoms with Gasteiger partial charge in [0, 0.05) is 49.8 Å². The van der Waals surface area contributed by atoms with Crippen molar-refractivity contribution in [3.05, 3.63) is 43.7 Å². The number of aromatic carboxylic acids is 1. The summed E-state index contributed by atoms with van der Waals surface area (Å²) in [6.07, 6.45) is 4.33. The topological polar surface area (TPSA) is 124 Å². The maximum Gasteiger partial charge on any atom is 0.341 e. The Morgan fingerprint density at radius 3 is 2.45 bits per heavy atom. The van der Waals surface area contributed by atoms with Gasteiger partial charge in [0.15, 0.2) is 5.79 Å². The predicted octanol–water partition coefficient (Wildman–Crippen LogP) is 2.59. The molecular formula is C21H23N3O7. The lowest BCUT2D eigenvalue weighted by Gasteiger charge is -2.39. The van der Waals surface area contributed by atoms with E-state index < -0.39 is 22.1 Å². The van der Waals surface area contributed by atoms with Gasteiger partial charge in [0.2, 0.25) is 5.43 Å². The first kappa shape index (κ1) is 20.0. The van der Waals surface area contributed by atoms with Crippen LogP contribution in [0.3, 0.4) is 0 Å². The number of carboxylic acid groups (broad SMARTS) is 1. The third kappa shape index (κ3) is 3.17. The van der Waals surface area contributed by atoms with Crippen molar-refractivity contribution in [3.8, 4) is 0 Å². The number of nitro groups is 1. The number of aromatic nitrogens is 1. The fourth-order valence-electron chi connectivity index (χ4n) is 4.88. The molecule has 1 N–H and O–H groups in total. The Labute approximate surface area is 177 Å². The summed E-state index contributed by atoms with van der Waals surface area (Å²) in [6.45, 7) is 3.92. The van der Waals surface area contributed by atoms with E-state index in [1.165, 1.54) is 12.3 Å². The van der Waals surface area contributed by atoms with Crippen molar-refractivity contribution >= 4 is 28.2 Å². The number of fused-ring (bicyclic) bond motifs is 1. The van der Waals surface area contributed by atoms with Crippen LogP contribution in [0.4, 0.5) is 11.4 Å². The van der Waals surface area contributed by atoms with Crippen LogP contribution in [-0.4, -0.2) is 52.7 Å². The fourth-order valence-corrected chi connectivity index (χ4v) is 4.88. The fraction of sp³-hybridized carbons (Fsp3) is 0.524. The van der Waals surface area contributed by atoms with Crippen LogP contribution in [0.15, 0.2) is 17.1 Å². The Bertz CT molecular complexity index is 1150. The molecule has 1 saturated carbocycles. The number of benzene rings is 1. The predicted molar refractivity (Wildman–Crippen MR) is 111 cm³/mol. The second kappa shape index (κ2) is 7.03. The average molecular weight is 429 g/mol. The Morgan fingerprint density at radius 2 is 1.90 bits per heavy atom. The van der Waals surface area contributed by atoms with Crippen LogP contribution in [0.25, 0.3) is 10.9 Å². The first-order valence-corrected chi connectivity index (χ1v) is 10.4. The number of aryl methyl sites for hydroxylation is 1. The number of carboxylic acids is 1. The molecule has 0 unspecified atom stereocenters. The van der Waals surface area contributed by atoms with Gasteiger partial charge < -0.3 is 24.0 Å². The number of nitrogens with zero attached hydrogens (tertiary/aromatic N) is 3. The van der Waals surface area contributed by atoms with E-state index in [1.807, 2.05) is 9.47 Å². The molecule has 0 bridgehead atoms. The molecule has 10 heteroatoms. The molecule has 2 saturated heterocycles. The average Bonchev–Trinajstić information content (AvgIpc) is 3.49. The largest absolute Gasteiger partial charge is 0.477 e. The Morgan fingerprint density at radius 1 is 1.26 bits per heavy atom. The second-order valence-electron chi connectivity index (χ2n) is 8.43. The van der Waals surface area contributed by atoms with E-state index in [0.717, 1.165) is 12.8 Å². The van der Waals surface area contributed by atoms with Gasteiger partial charge in [-0.15, -0.1) is 0 Å². The molecule has 3 heterocycles. The van der Waals surface area contributed by atoms with Gasteiger partial charge in [0.05, 0.1) is 29.0 Å². The van der Waals surface area contributed by atoms with E-state index in [9.17, 15) is 24.8 Å². The normalized spacial score (nSPS) is 20.5. The van der Waals surface area contributed by atoms with Crippen LogP contribution in [0.5, 0.6) is 0 Å². The van der Waals surface area contributed by atoms with Crippen molar-refractivity contribution in [2.75, 3.05) is 31.2 Å². The van der Waals surface area contributed by atoms with Crippen LogP contribution in [0.2, 0.25) is 0 Å². The maximum atomic E-state index is 12.9. The van der Waals surface area contributed by atoms with Gasteiger partial charge in [-0.05, 0) is 19.8 Å². The molecule has 2 aromatic rings. The molecule has 0 atom stereocenters. The number of nitro benzene ring substituents is 1. The molecule has 1 spiro atoms.